The lowest BCUT2D eigenvalue weighted by Crippen LogP contribution is -2.48. The molecule has 234 valence electrons. The standard InChI is InChI=1S/C29H52N4O6P2/c1-29(2,3)39-28(35)22-31-15-19-32(24-40(4,5)36)17-13-30(14-18-33(20-16-31)25-41(6,7)37)21-27(34)38-23-26-11-9-8-10-12-26/h8-12H,13-25H2,1-7H3. The lowest BCUT2D eigenvalue weighted by atomic mass is 10.2. The molecule has 1 aliphatic heterocycles. The molecule has 1 aromatic rings. The Hall–Kier alpha value is -1.54. The summed E-state index contributed by atoms with van der Waals surface area (Å²) in [5.41, 5.74) is 0.368. The Morgan fingerprint density at radius 2 is 1.07 bits per heavy atom. The van der Waals surface area contributed by atoms with Gasteiger partial charge in [-0.15, -0.1) is 0 Å². The van der Waals surface area contributed by atoms with Crippen molar-refractivity contribution in [2.75, 3.05) is 105 Å². The number of rotatable bonds is 10. The normalized spacial score (nSPS) is 18.3. The summed E-state index contributed by atoms with van der Waals surface area (Å²) in [7, 11) is -4.69. The largest absolute Gasteiger partial charge is 0.460 e. The predicted molar refractivity (Wildman–Crippen MR) is 167 cm³/mol. The highest BCUT2D eigenvalue weighted by atomic mass is 31.2. The molecule has 1 saturated heterocycles. The van der Waals surface area contributed by atoms with Gasteiger partial charge >= 0.3 is 11.9 Å². The summed E-state index contributed by atoms with van der Waals surface area (Å²) in [4.78, 5) is 33.9. The first-order valence-corrected chi connectivity index (χ1v) is 19.9. The van der Waals surface area contributed by atoms with Crippen molar-refractivity contribution in [3.63, 3.8) is 0 Å². The summed E-state index contributed by atoms with van der Waals surface area (Å²) >= 11 is 0. The molecular formula is C29H52N4O6P2. The molecule has 1 aliphatic rings. The molecule has 1 fully saturated rings. The van der Waals surface area contributed by atoms with E-state index >= 15 is 0 Å². The molecule has 1 heterocycles. The lowest BCUT2D eigenvalue weighted by molar-refractivity contribution is -0.156. The van der Waals surface area contributed by atoms with Gasteiger partial charge in [0.2, 0.25) is 0 Å². The van der Waals surface area contributed by atoms with Crippen molar-refractivity contribution in [1.29, 1.82) is 0 Å². The summed E-state index contributed by atoms with van der Waals surface area (Å²) in [5, 5.41) is 0. The van der Waals surface area contributed by atoms with Crippen LogP contribution in [0.4, 0.5) is 0 Å². The first-order valence-electron chi connectivity index (χ1n) is 14.4. The predicted octanol–water partition coefficient (Wildman–Crippen LogP) is 3.45. The van der Waals surface area contributed by atoms with Crippen molar-refractivity contribution in [2.24, 2.45) is 0 Å². The molecule has 0 N–H and O–H groups in total. The zero-order valence-corrected chi connectivity index (χ0v) is 28.0. The molecule has 0 bridgehead atoms. The molecule has 10 nitrogen and oxygen atoms in total. The fourth-order valence-corrected chi connectivity index (χ4v) is 7.16. The van der Waals surface area contributed by atoms with Crippen molar-refractivity contribution in [3.05, 3.63) is 35.9 Å². The van der Waals surface area contributed by atoms with Crippen LogP contribution in [0.2, 0.25) is 0 Å². The van der Waals surface area contributed by atoms with Crippen molar-refractivity contribution >= 4 is 26.2 Å². The zero-order chi connectivity index (χ0) is 30.7. The molecule has 0 aliphatic carbocycles. The molecule has 12 heteroatoms. The van der Waals surface area contributed by atoms with Gasteiger partial charge in [-0.05, 0) is 53.0 Å². The summed E-state index contributed by atoms with van der Waals surface area (Å²) in [5.74, 6) is -0.577. The van der Waals surface area contributed by atoms with Crippen LogP contribution in [0.15, 0.2) is 30.3 Å². The Balaban J connectivity index is 2.17. The number of hydrogen-bond acceptors (Lipinski definition) is 10. The number of benzene rings is 1. The first kappa shape index (κ1) is 35.7. The second-order valence-corrected chi connectivity index (χ2v) is 19.8. The van der Waals surface area contributed by atoms with Gasteiger partial charge in [-0.3, -0.25) is 29.2 Å². The number of carbonyl (C=O) groups excluding carboxylic acids is 2. The molecule has 0 unspecified atom stereocenters. The van der Waals surface area contributed by atoms with Crippen molar-refractivity contribution in [1.82, 2.24) is 19.6 Å². The van der Waals surface area contributed by atoms with Crippen molar-refractivity contribution in [2.45, 2.75) is 33.0 Å². The van der Waals surface area contributed by atoms with Gasteiger partial charge in [0.1, 0.15) is 12.2 Å². The monoisotopic (exact) mass is 614 g/mol. The summed E-state index contributed by atoms with van der Waals surface area (Å²) in [6, 6.07) is 9.60. The van der Waals surface area contributed by atoms with Gasteiger partial charge in [0, 0.05) is 52.4 Å². The molecule has 0 amide bonds. The van der Waals surface area contributed by atoms with Gasteiger partial charge in [-0.2, -0.15) is 0 Å². The molecule has 2 rings (SSSR count). The highest BCUT2D eigenvalue weighted by Gasteiger charge is 2.24. The Bertz CT molecular complexity index is 1010. The number of nitrogens with zero attached hydrogens (tertiary/aromatic N) is 4. The molecule has 0 saturated carbocycles. The maximum Gasteiger partial charge on any atom is 0.320 e. The second-order valence-electron chi connectivity index (χ2n) is 13.0. The van der Waals surface area contributed by atoms with Gasteiger partial charge < -0.3 is 18.6 Å². The average Bonchev–Trinajstić information content (AvgIpc) is 2.82. The van der Waals surface area contributed by atoms with E-state index in [1.165, 1.54) is 0 Å². The maximum atomic E-state index is 12.8. The summed E-state index contributed by atoms with van der Waals surface area (Å²) in [6.45, 7) is 18.1. The van der Waals surface area contributed by atoms with Gasteiger partial charge in [0.25, 0.3) is 0 Å². The number of hydrogen-bond donors (Lipinski definition) is 0. The van der Waals surface area contributed by atoms with E-state index in [1.54, 1.807) is 26.7 Å². The Labute approximate surface area is 247 Å². The van der Waals surface area contributed by atoms with Crippen LogP contribution >= 0.6 is 14.3 Å². The van der Waals surface area contributed by atoms with Crippen LogP contribution < -0.4 is 0 Å². The minimum absolute atomic E-state index is 0.144. The van der Waals surface area contributed by atoms with Crippen LogP contribution in [0.5, 0.6) is 0 Å². The number of esters is 2. The van der Waals surface area contributed by atoms with E-state index in [-0.39, 0.29) is 31.6 Å². The molecule has 41 heavy (non-hydrogen) atoms. The minimum atomic E-state index is -2.35. The topological polar surface area (TPSA) is 99.7 Å². The Kier molecular flexibility index (Phi) is 14.2. The second kappa shape index (κ2) is 16.3. The smallest absolute Gasteiger partial charge is 0.320 e. The van der Waals surface area contributed by atoms with E-state index in [4.69, 9.17) is 9.47 Å². The maximum absolute atomic E-state index is 12.8. The lowest BCUT2D eigenvalue weighted by Gasteiger charge is -2.35. The fourth-order valence-electron chi connectivity index (χ4n) is 4.66. The average molecular weight is 615 g/mol. The third-order valence-electron chi connectivity index (χ3n) is 6.38. The number of ether oxygens (including phenoxy) is 2. The number of carbonyl (C=O) groups is 2. The van der Waals surface area contributed by atoms with E-state index in [1.807, 2.05) is 51.1 Å². The molecule has 1 aromatic carbocycles. The van der Waals surface area contributed by atoms with Crippen LogP contribution in [0.1, 0.15) is 26.3 Å². The van der Waals surface area contributed by atoms with Crippen molar-refractivity contribution in [3.8, 4) is 0 Å². The van der Waals surface area contributed by atoms with E-state index < -0.39 is 19.9 Å². The molecule has 0 spiro atoms. The third-order valence-corrected chi connectivity index (χ3v) is 8.54. The van der Waals surface area contributed by atoms with E-state index in [0.717, 1.165) is 5.56 Å². The first-order chi connectivity index (χ1) is 19.0. The van der Waals surface area contributed by atoms with Gasteiger partial charge in [-0.25, -0.2) is 0 Å². The Morgan fingerprint density at radius 1 is 0.683 bits per heavy atom. The summed E-state index contributed by atoms with van der Waals surface area (Å²) < 4.78 is 36.7. The Morgan fingerprint density at radius 3 is 1.46 bits per heavy atom. The van der Waals surface area contributed by atoms with Crippen LogP contribution in [-0.4, -0.2) is 142 Å². The van der Waals surface area contributed by atoms with Gasteiger partial charge in [-0.1, -0.05) is 30.3 Å². The highest BCUT2D eigenvalue weighted by Crippen LogP contribution is 2.37. The van der Waals surface area contributed by atoms with Gasteiger partial charge in [0.15, 0.2) is 0 Å². The van der Waals surface area contributed by atoms with Crippen molar-refractivity contribution < 1.29 is 28.2 Å². The minimum Gasteiger partial charge on any atom is -0.460 e. The van der Waals surface area contributed by atoms with Crippen LogP contribution in [-0.2, 0) is 34.8 Å². The van der Waals surface area contributed by atoms with E-state index in [0.29, 0.717) is 64.9 Å². The van der Waals surface area contributed by atoms with Crippen LogP contribution in [0, 0.1) is 0 Å². The highest BCUT2D eigenvalue weighted by molar-refractivity contribution is 7.62. The SMILES string of the molecule is CC(C)(C)OC(=O)CN1CCN(CP(C)(C)=O)CCN(CC(=O)OCc2ccccc2)CCN(CP(C)(C)=O)CC1. The van der Waals surface area contributed by atoms with Crippen LogP contribution in [0.25, 0.3) is 0 Å². The molecular weight excluding hydrogens is 562 g/mol. The van der Waals surface area contributed by atoms with Gasteiger partial charge in [0.05, 0.1) is 39.9 Å². The fraction of sp³-hybridized carbons (Fsp3) is 0.724. The van der Waals surface area contributed by atoms with E-state index in [2.05, 4.69) is 19.6 Å². The molecule has 0 atom stereocenters. The third kappa shape index (κ3) is 17.2. The molecule has 0 radical (unpaired) electrons. The zero-order valence-electron chi connectivity index (χ0n) is 26.2. The molecule has 0 aromatic heterocycles. The van der Waals surface area contributed by atoms with Crippen LogP contribution in [0.3, 0.4) is 0 Å². The quantitative estimate of drug-likeness (QED) is 0.288. The summed E-state index contributed by atoms with van der Waals surface area (Å²) in [6.07, 6.45) is 0.918. The van der Waals surface area contributed by atoms with E-state index in [9.17, 15) is 18.7 Å².